The van der Waals surface area contributed by atoms with E-state index in [1.54, 1.807) is 0 Å². The molecule has 1 amide bonds. The summed E-state index contributed by atoms with van der Waals surface area (Å²) in [5, 5.41) is 11.5. The Morgan fingerprint density at radius 3 is 2.62 bits per heavy atom. The number of rotatable bonds is 4. The lowest BCUT2D eigenvalue weighted by atomic mass is 9.95. The first-order valence-corrected chi connectivity index (χ1v) is 7.29. The van der Waals surface area contributed by atoms with E-state index in [4.69, 9.17) is 9.84 Å². The van der Waals surface area contributed by atoms with Crippen LogP contribution in [-0.2, 0) is 27.2 Å². The fraction of sp³-hybridized carbons (Fsp3) is 0.357. The second kappa shape index (κ2) is 6.53. The molecule has 0 aliphatic heterocycles. The van der Waals surface area contributed by atoms with Crippen molar-refractivity contribution in [2.45, 2.75) is 25.7 Å². The Morgan fingerprint density at radius 1 is 1.24 bits per heavy atom. The molecule has 2 rings (SSSR count). The first-order chi connectivity index (χ1) is 10.0. The van der Waals surface area contributed by atoms with Gasteiger partial charge < -0.3 is 15.2 Å². The molecule has 0 unspecified atom stereocenters. The number of esters is 1. The fourth-order valence-electron chi connectivity index (χ4n) is 2.27. The third-order valence-corrected chi connectivity index (χ3v) is 4.38. The predicted octanol–water partition coefficient (Wildman–Crippen LogP) is 1.99. The van der Waals surface area contributed by atoms with Gasteiger partial charge in [-0.1, -0.05) is 0 Å². The van der Waals surface area contributed by atoms with E-state index in [1.165, 1.54) is 18.4 Å². The Bertz CT molecular complexity index is 617. The SMILES string of the molecule is COC(=O)c1c(NC(=O)C=CC(=O)O)sc2c1CCCC2. The number of nitrogens with one attached hydrogen (secondary N) is 1. The molecule has 6 nitrogen and oxygen atoms in total. The number of carbonyl (C=O) groups is 3. The summed E-state index contributed by atoms with van der Waals surface area (Å²) in [5.41, 5.74) is 1.34. The van der Waals surface area contributed by atoms with Crippen molar-refractivity contribution in [2.24, 2.45) is 0 Å². The van der Waals surface area contributed by atoms with Gasteiger partial charge in [-0.3, -0.25) is 4.79 Å². The number of carbonyl (C=O) groups excluding carboxylic acids is 2. The summed E-state index contributed by atoms with van der Waals surface area (Å²) in [6, 6.07) is 0. The Morgan fingerprint density at radius 2 is 1.95 bits per heavy atom. The summed E-state index contributed by atoms with van der Waals surface area (Å²) in [5.74, 6) is -2.27. The first kappa shape index (κ1) is 15.2. The molecule has 0 atom stereocenters. The maximum atomic E-state index is 11.9. The monoisotopic (exact) mass is 309 g/mol. The number of hydrogen-bond acceptors (Lipinski definition) is 5. The van der Waals surface area contributed by atoms with Crippen molar-refractivity contribution >= 4 is 34.2 Å². The molecule has 0 saturated heterocycles. The van der Waals surface area contributed by atoms with E-state index < -0.39 is 17.8 Å². The van der Waals surface area contributed by atoms with Gasteiger partial charge >= 0.3 is 11.9 Å². The number of fused-ring (bicyclic) bond motifs is 1. The van der Waals surface area contributed by atoms with Crippen LogP contribution in [0.25, 0.3) is 0 Å². The molecule has 21 heavy (non-hydrogen) atoms. The zero-order valence-electron chi connectivity index (χ0n) is 11.5. The quantitative estimate of drug-likeness (QED) is 0.655. The number of amides is 1. The van der Waals surface area contributed by atoms with Gasteiger partial charge in [0.1, 0.15) is 5.00 Å². The van der Waals surface area contributed by atoms with Crippen LogP contribution in [0.5, 0.6) is 0 Å². The van der Waals surface area contributed by atoms with Gasteiger partial charge in [-0.25, -0.2) is 9.59 Å². The normalized spacial score (nSPS) is 13.8. The van der Waals surface area contributed by atoms with Crippen molar-refractivity contribution in [1.29, 1.82) is 0 Å². The van der Waals surface area contributed by atoms with Crippen LogP contribution in [0.3, 0.4) is 0 Å². The predicted molar refractivity (Wildman–Crippen MR) is 77.7 cm³/mol. The highest BCUT2D eigenvalue weighted by atomic mass is 32.1. The smallest absolute Gasteiger partial charge is 0.341 e. The van der Waals surface area contributed by atoms with E-state index in [2.05, 4.69) is 5.32 Å². The van der Waals surface area contributed by atoms with E-state index in [9.17, 15) is 14.4 Å². The number of carboxylic acids is 1. The summed E-state index contributed by atoms with van der Waals surface area (Å²) in [6.45, 7) is 0. The van der Waals surface area contributed by atoms with Crippen molar-refractivity contribution in [1.82, 2.24) is 0 Å². The Kier molecular flexibility index (Phi) is 4.74. The van der Waals surface area contributed by atoms with Gasteiger partial charge in [-0.05, 0) is 31.2 Å². The molecule has 0 spiro atoms. The molecule has 1 aliphatic carbocycles. The largest absolute Gasteiger partial charge is 0.478 e. The zero-order valence-corrected chi connectivity index (χ0v) is 12.3. The molecule has 1 aromatic heterocycles. The molecule has 112 valence electrons. The molecular formula is C14H15NO5S. The molecule has 1 aliphatic rings. The van der Waals surface area contributed by atoms with E-state index in [0.717, 1.165) is 48.3 Å². The number of thiophene rings is 1. The zero-order chi connectivity index (χ0) is 15.4. The Balaban J connectivity index is 2.30. The summed E-state index contributed by atoms with van der Waals surface area (Å²) < 4.78 is 4.79. The van der Waals surface area contributed by atoms with Gasteiger partial charge in [-0.15, -0.1) is 11.3 Å². The second-order valence-electron chi connectivity index (χ2n) is 4.57. The highest BCUT2D eigenvalue weighted by Crippen LogP contribution is 2.38. The van der Waals surface area contributed by atoms with Gasteiger partial charge in [-0.2, -0.15) is 0 Å². The van der Waals surface area contributed by atoms with Crippen LogP contribution in [0.4, 0.5) is 5.00 Å². The number of methoxy groups -OCH3 is 1. The lowest BCUT2D eigenvalue weighted by molar-refractivity contribution is -0.131. The van der Waals surface area contributed by atoms with E-state index >= 15 is 0 Å². The summed E-state index contributed by atoms with van der Waals surface area (Å²) >= 11 is 1.35. The summed E-state index contributed by atoms with van der Waals surface area (Å²) in [7, 11) is 1.30. The summed E-state index contributed by atoms with van der Waals surface area (Å²) in [6.07, 6.45) is 5.39. The highest BCUT2D eigenvalue weighted by molar-refractivity contribution is 7.17. The molecule has 7 heteroatoms. The van der Waals surface area contributed by atoms with Crippen molar-refractivity contribution < 1.29 is 24.2 Å². The molecule has 1 heterocycles. The van der Waals surface area contributed by atoms with Gasteiger partial charge in [0, 0.05) is 17.0 Å². The molecule has 1 aromatic rings. The molecule has 0 radical (unpaired) electrons. The fourth-order valence-corrected chi connectivity index (χ4v) is 3.55. The lowest BCUT2D eigenvalue weighted by Crippen LogP contribution is -2.13. The second-order valence-corrected chi connectivity index (χ2v) is 5.67. The van der Waals surface area contributed by atoms with Crippen LogP contribution in [0.2, 0.25) is 0 Å². The van der Waals surface area contributed by atoms with Gasteiger partial charge in [0.05, 0.1) is 12.7 Å². The molecule has 0 saturated carbocycles. The van der Waals surface area contributed by atoms with Crippen molar-refractivity contribution in [2.75, 3.05) is 12.4 Å². The van der Waals surface area contributed by atoms with E-state index in [-0.39, 0.29) is 0 Å². The highest BCUT2D eigenvalue weighted by Gasteiger charge is 2.26. The molecule has 2 N–H and O–H groups in total. The van der Waals surface area contributed by atoms with E-state index in [0.29, 0.717) is 10.6 Å². The van der Waals surface area contributed by atoms with Crippen LogP contribution in [0.1, 0.15) is 33.6 Å². The lowest BCUT2D eigenvalue weighted by Gasteiger charge is -2.11. The van der Waals surface area contributed by atoms with Crippen molar-refractivity contribution in [3.63, 3.8) is 0 Å². The number of anilines is 1. The molecule has 0 fully saturated rings. The average molecular weight is 309 g/mol. The topological polar surface area (TPSA) is 92.7 Å². The standard InChI is InChI=1S/C14H15NO5S/c1-20-14(19)12-8-4-2-3-5-9(8)21-13(12)15-10(16)6-7-11(17)18/h6-7H,2-5H2,1H3,(H,15,16)(H,17,18). The van der Waals surface area contributed by atoms with Crippen LogP contribution < -0.4 is 5.32 Å². The molecule has 0 bridgehead atoms. The van der Waals surface area contributed by atoms with Crippen molar-refractivity contribution in [3.05, 3.63) is 28.2 Å². The van der Waals surface area contributed by atoms with Gasteiger partial charge in [0.15, 0.2) is 0 Å². The minimum absolute atomic E-state index is 0.397. The third kappa shape index (κ3) is 3.49. The third-order valence-electron chi connectivity index (χ3n) is 3.17. The van der Waals surface area contributed by atoms with Gasteiger partial charge in [0.25, 0.3) is 0 Å². The maximum absolute atomic E-state index is 11.9. The van der Waals surface area contributed by atoms with E-state index in [1.807, 2.05) is 0 Å². The van der Waals surface area contributed by atoms with Crippen LogP contribution >= 0.6 is 11.3 Å². The number of aryl methyl sites for hydroxylation is 1. The Labute approximate surface area is 125 Å². The van der Waals surface area contributed by atoms with Crippen LogP contribution in [0.15, 0.2) is 12.2 Å². The maximum Gasteiger partial charge on any atom is 0.341 e. The number of hydrogen-bond donors (Lipinski definition) is 2. The minimum Gasteiger partial charge on any atom is -0.478 e. The van der Waals surface area contributed by atoms with Crippen molar-refractivity contribution in [3.8, 4) is 0 Å². The summed E-state index contributed by atoms with van der Waals surface area (Å²) in [4.78, 5) is 35.1. The van der Waals surface area contributed by atoms with Crippen LogP contribution in [0, 0.1) is 0 Å². The first-order valence-electron chi connectivity index (χ1n) is 6.47. The number of carboxylic acid groups (broad SMARTS) is 1. The average Bonchev–Trinajstić information content (AvgIpc) is 2.82. The number of aliphatic carboxylic acids is 1. The number of ether oxygens (including phenoxy) is 1. The Hall–Kier alpha value is -2.15. The molecule has 0 aromatic carbocycles. The minimum atomic E-state index is -1.20. The van der Waals surface area contributed by atoms with Gasteiger partial charge in [0.2, 0.25) is 5.91 Å². The molecular weight excluding hydrogens is 294 g/mol. The van der Waals surface area contributed by atoms with Crippen LogP contribution in [-0.4, -0.2) is 30.1 Å².